The van der Waals surface area contributed by atoms with Crippen molar-refractivity contribution in [1.29, 1.82) is 5.26 Å². The van der Waals surface area contributed by atoms with Crippen LogP contribution in [0.4, 0.5) is 0 Å². The third-order valence-corrected chi connectivity index (χ3v) is 6.78. The molecule has 0 N–H and O–H groups in total. The Kier molecular flexibility index (Phi) is 4.90. The Morgan fingerprint density at radius 1 is 0.667 bits per heavy atom. The fourth-order valence-electron chi connectivity index (χ4n) is 5.47. The maximum atomic E-state index is 10.9. The summed E-state index contributed by atoms with van der Waals surface area (Å²) in [5.41, 5.74) is 2.65. The summed E-state index contributed by atoms with van der Waals surface area (Å²) in [5, 5.41) is 10.9. The van der Waals surface area contributed by atoms with Gasteiger partial charge in [-0.1, -0.05) is 91.0 Å². The molecule has 0 amide bonds. The van der Waals surface area contributed by atoms with Crippen LogP contribution >= 0.6 is 0 Å². The average molecular weight is 396 g/mol. The molecule has 1 spiro atoms. The number of benzene rings is 3. The SMILES string of the molecule is N#CC1(c2ccccc2)[C@@H](c2ccccc2)CC2(C[C@H]1c1ccccc1)OCCO2. The van der Waals surface area contributed by atoms with Crippen LogP contribution < -0.4 is 0 Å². The van der Waals surface area contributed by atoms with Crippen molar-refractivity contribution in [1.82, 2.24) is 0 Å². The minimum atomic E-state index is -0.718. The molecule has 1 aliphatic heterocycles. The fraction of sp³-hybridized carbons (Fsp3) is 0.296. The third-order valence-electron chi connectivity index (χ3n) is 6.78. The van der Waals surface area contributed by atoms with Crippen molar-refractivity contribution >= 4 is 0 Å². The molecule has 1 aliphatic carbocycles. The second kappa shape index (κ2) is 7.72. The zero-order chi connectivity index (χ0) is 20.4. The molecule has 1 unspecified atom stereocenters. The van der Waals surface area contributed by atoms with Gasteiger partial charge in [0.1, 0.15) is 0 Å². The second-order valence-corrected chi connectivity index (χ2v) is 8.29. The van der Waals surface area contributed by atoms with Gasteiger partial charge in [0.25, 0.3) is 0 Å². The zero-order valence-electron chi connectivity index (χ0n) is 16.9. The van der Waals surface area contributed by atoms with Crippen LogP contribution in [0.5, 0.6) is 0 Å². The van der Waals surface area contributed by atoms with Crippen molar-refractivity contribution < 1.29 is 9.47 Å². The monoisotopic (exact) mass is 395 g/mol. The van der Waals surface area contributed by atoms with E-state index < -0.39 is 11.2 Å². The minimum Gasteiger partial charge on any atom is -0.347 e. The molecule has 3 aromatic rings. The van der Waals surface area contributed by atoms with Crippen molar-refractivity contribution in [2.24, 2.45) is 0 Å². The number of hydrogen-bond acceptors (Lipinski definition) is 3. The molecule has 150 valence electrons. The van der Waals surface area contributed by atoms with Crippen LogP contribution in [0.1, 0.15) is 41.4 Å². The highest BCUT2D eigenvalue weighted by Gasteiger charge is 2.59. The van der Waals surface area contributed by atoms with Gasteiger partial charge in [0, 0.05) is 24.7 Å². The predicted octanol–water partition coefficient (Wildman–Crippen LogP) is 5.55. The molecule has 3 atom stereocenters. The molecular formula is C27H25NO2. The summed E-state index contributed by atoms with van der Waals surface area (Å²) in [6.07, 6.45) is 1.34. The maximum Gasteiger partial charge on any atom is 0.169 e. The van der Waals surface area contributed by atoms with E-state index in [1.54, 1.807) is 0 Å². The number of nitriles is 1. The van der Waals surface area contributed by atoms with Gasteiger partial charge in [-0.15, -0.1) is 0 Å². The Morgan fingerprint density at radius 2 is 1.10 bits per heavy atom. The van der Waals surface area contributed by atoms with Gasteiger partial charge in [-0.25, -0.2) is 0 Å². The zero-order valence-corrected chi connectivity index (χ0v) is 16.9. The predicted molar refractivity (Wildman–Crippen MR) is 116 cm³/mol. The molecule has 0 radical (unpaired) electrons. The Bertz CT molecular complexity index is 969. The van der Waals surface area contributed by atoms with Gasteiger partial charge in [0.2, 0.25) is 0 Å². The fourth-order valence-corrected chi connectivity index (χ4v) is 5.47. The molecule has 2 aliphatic rings. The van der Waals surface area contributed by atoms with Crippen molar-refractivity contribution in [3.63, 3.8) is 0 Å². The summed E-state index contributed by atoms with van der Waals surface area (Å²) in [6, 6.07) is 33.9. The van der Waals surface area contributed by atoms with Gasteiger partial charge in [-0.3, -0.25) is 0 Å². The van der Waals surface area contributed by atoms with E-state index in [2.05, 4.69) is 66.7 Å². The third kappa shape index (κ3) is 3.04. The van der Waals surface area contributed by atoms with Gasteiger partial charge in [0.15, 0.2) is 5.79 Å². The van der Waals surface area contributed by atoms with Crippen LogP contribution in [0.15, 0.2) is 91.0 Å². The standard InChI is InChI=1S/C27H25NO2/c28-20-27(23-14-8-3-9-15-23)24(21-10-4-1-5-11-21)18-26(29-16-17-30-26)19-25(27)22-12-6-2-7-13-22/h1-15,24-25H,16-19H2/t24-,25+,27?. The molecule has 30 heavy (non-hydrogen) atoms. The summed E-state index contributed by atoms with van der Waals surface area (Å²) in [4.78, 5) is 0. The Hall–Kier alpha value is -2.93. The molecule has 0 bridgehead atoms. The summed E-state index contributed by atoms with van der Waals surface area (Å²) < 4.78 is 12.5. The minimum absolute atomic E-state index is 0.0526. The van der Waals surface area contributed by atoms with Gasteiger partial charge in [0.05, 0.1) is 24.7 Å². The van der Waals surface area contributed by atoms with Crippen LogP contribution in [0.3, 0.4) is 0 Å². The van der Waals surface area contributed by atoms with Crippen molar-refractivity contribution in [2.45, 2.75) is 35.9 Å². The van der Waals surface area contributed by atoms with E-state index in [1.807, 2.05) is 30.3 Å². The molecule has 1 heterocycles. The Balaban J connectivity index is 1.76. The van der Waals surface area contributed by atoms with E-state index >= 15 is 0 Å². The summed E-state index contributed by atoms with van der Waals surface area (Å²) in [6.45, 7) is 1.21. The average Bonchev–Trinajstić information content (AvgIpc) is 3.28. The first-order chi connectivity index (χ1) is 14.8. The molecule has 1 saturated carbocycles. The van der Waals surface area contributed by atoms with Crippen molar-refractivity contribution in [3.8, 4) is 6.07 Å². The van der Waals surface area contributed by atoms with Crippen LogP contribution in [-0.4, -0.2) is 19.0 Å². The Morgan fingerprint density at radius 3 is 1.53 bits per heavy atom. The molecule has 0 aromatic heterocycles. The number of hydrogen-bond donors (Lipinski definition) is 0. The summed E-state index contributed by atoms with van der Waals surface area (Å²) >= 11 is 0. The van der Waals surface area contributed by atoms with Gasteiger partial charge >= 0.3 is 0 Å². The van der Waals surface area contributed by atoms with E-state index in [9.17, 15) is 5.26 Å². The normalized spacial score (nSPS) is 27.6. The number of nitrogens with zero attached hydrogens (tertiary/aromatic N) is 1. The highest BCUT2D eigenvalue weighted by atomic mass is 16.7. The first kappa shape index (κ1) is 19.1. The van der Waals surface area contributed by atoms with Crippen molar-refractivity contribution in [2.75, 3.05) is 13.2 Å². The molecule has 3 nitrogen and oxygen atoms in total. The van der Waals surface area contributed by atoms with Crippen molar-refractivity contribution in [3.05, 3.63) is 108 Å². The highest BCUT2D eigenvalue weighted by molar-refractivity contribution is 5.47. The lowest BCUT2D eigenvalue weighted by Gasteiger charge is -2.51. The van der Waals surface area contributed by atoms with Crippen LogP contribution in [0, 0.1) is 11.3 Å². The quantitative estimate of drug-likeness (QED) is 0.584. The Labute approximate surface area is 177 Å². The highest BCUT2D eigenvalue weighted by Crippen LogP contribution is 2.60. The van der Waals surface area contributed by atoms with Crippen LogP contribution in [-0.2, 0) is 14.9 Å². The van der Waals surface area contributed by atoms with E-state index in [0.29, 0.717) is 26.1 Å². The van der Waals surface area contributed by atoms with Crippen LogP contribution in [0.25, 0.3) is 0 Å². The molecule has 2 fully saturated rings. The van der Waals surface area contributed by atoms with Crippen LogP contribution in [0.2, 0.25) is 0 Å². The lowest BCUT2D eigenvalue weighted by Crippen LogP contribution is -2.51. The smallest absolute Gasteiger partial charge is 0.169 e. The largest absolute Gasteiger partial charge is 0.347 e. The van der Waals surface area contributed by atoms with E-state index in [1.165, 1.54) is 0 Å². The van der Waals surface area contributed by atoms with E-state index in [0.717, 1.165) is 16.7 Å². The van der Waals surface area contributed by atoms with Gasteiger partial charge < -0.3 is 9.47 Å². The maximum absolute atomic E-state index is 10.9. The first-order valence-corrected chi connectivity index (χ1v) is 10.6. The molecule has 1 saturated heterocycles. The topological polar surface area (TPSA) is 42.2 Å². The lowest BCUT2D eigenvalue weighted by atomic mass is 9.53. The lowest BCUT2D eigenvalue weighted by molar-refractivity contribution is -0.192. The van der Waals surface area contributed by atoms with Gasteiger partial charge in [-0.2, -0.15) is 5.26 Å². The number of ether oxygens (including phenoxy) is 2. The van der Waals surface area contributed by atoms with E-state index in [-0.39, 0.29) is 11.8 Å². The molecule has 3 aromatic carbocycles. The summed E-state index contributed by atoms with van der Waals surface area (Å²) in [5.74, 6) is -0.748. The summed E-state index contributed by atoms with van der Waals surface area (Å²) in [7, 11) is 0. The second-order valence-electron chi connectivity index (χ2n) is 8.29. The number of rotatable bonds is 3. The first-order valence-electron chi connectivity index (χ1n) is 10.6. The van der Waals surface area contributed by atoms with Gasteiger partial charge in [-0.05, 0) is 16.7 Å². The molecule has 5 rings (SSSR count). The van der Waals surface area contributed by atoms with E-state index in [4.69, 9.17) is 9.47 Å². The molecule has 3 heteroatoms. The molecular weight excluding hydrogens is 370 g/mol.